The van der Waals surface area contributed by atoms with E-state index in [1.807, 2.05) is 0 Å². The third-order valence-electron chi connectivity index (χ3n) is 2.78. The molecule has 0 heterocycles. The van der Waals surface area contributed by atoms with Gasteiger partial charge in [0.05, 0.1) is 13.0 Å². The number of methoxy groups -OCH3 is 1. The van der Waals surface area contributed by atoms with Gasteiger partial charge in [-0.2, -0.15) is 0 Å². The van der Waals surface area contributed by atoms with E-state index in [2.05, 4.69) is 4.74 Å². The van der Waals surface area contributed by atoms with Gasteiger partial charge in [-0.1, -0.05) is 0 Å². The normalized spacial score (nSPS) is 42.7. The van der Waals surface area contributed by atoms with E-state index in [0.29, 0.717) is 0 Å². The van der Waals surface area contributed by atoms with Gasteiger partial charge < -0.3 is 4.74 Å². The van der Waals surface area contributed by atoms with E-state index in [9.17, 15) is 4.79 Å². The van der Waals surface area contributed by atoms with Crippen molar-refractivity contribution < 1.29 is 9.53 Å². The summed E-state index contributed by atoms with van der Waals surface area (Å²) in [6.45, 7) is 0. The lowest BCUT2D eigenvalue weighted by Crippen LogP contribution is -2.13. The van der Waals surface area contributed by atoms with Crippen LogP contribution in [0.1, 0.15) is 19.3 Å². The highest BCUT2D eigenvalue weighted by Crippen LogP contribution is 2.54. The fraction of sp³-hybridized carbons (Fsp3) is 0.875. The van der Waals surface area contributed by atoms with E-state index in [-0.39, 0.29) is 11.9 Å². The third-order valence-corrected chi connectivity index (χ3v) is 2.78. The van der Waals surface area contributed by atoms with Gasteiger partial charge in [0, 0.05) is 0 Å². The van der Waals surface area contributed by atoms with E-state index >= 15 is 0 Å². The smallest absolute Gasteiger partial charge is 0.308 e. The Morgan fingerprint density at radius 1 is 1.30 bits per heavy atom. The van der Waals surface area contributed by atoms with Crippen LogP contribution < -0.4 is 0 Å². The van der Waals surface area contributed by atoms with Gasteiger partial charge in [-0.15, -0.1) is 0 Å². The Morgan fingerprint density at radius 2 is 1.90 bits per heavy atom. The molecule has 2 heteroatoms. The van der Waals surface area contributed by atoms with Crippen molar-refractivity contribution in [1.82, 2.24) is 0 Å². The van der Waals surface area contributed by atoms with E-state index < -0.39 is 0 Å². The molecule has 0 aliphatic heterocycles. The lowest BCUT2D eigenvalue weighted by Gasteiger charge is -2.06. The second-order valence-corrected chi connectivity index (χ2v) is 3.45. The van der Waals surface area contributed by atoms with Crippen molar-refractivity contribution in [2.24, 2.45) is 17.8 Å². The summed E-state index contributed by atoms with van der Waals surface area (Å²) < 4.78 is 4.66. The highest BCUT2D eigenvalue weighted by molar-refractivity contribution is 5.72. The van der Waals surface area contributed by atoms with Crippen LogP contribution in [0.4, 0.5) is 0 Å². The molecule has 2 atom stereocenters. The van der Waals surface area contributed by atoms with Crippen LogP contribution >= 0.6 is 0 Å². The van der Waals surface area contributed by atoms with E-state index in [1.54, 1.807) is 0 Å². The molecule has 2 saturated carbocycles. The molecule has 0 aromatic heterocycles. The lowest BCUT2D eigenvalue weighted by molar-refractivity contribution is -0.145. The number of hydrogen-bond acceptors (Lipinski definition) is 2. The van der Waals surface area contributed by atoms with E-state index in [0.717, 1.165) is 24.7 Å². The molecule has 56 valence electrons. The molecule has 0 aromatic rings. The number of rotatable bonds is 1. The minimum atomic E-state index is 0.00667. The topological polar surface area (TPSA) is 26.3 Å². The number of carbonyl (C=O) groups is 1. The van der Waals surface area contributed by atoms with Crippen molar-refractivity contribution >= 4 is 5.97 Å². The van der Waals surface area contributed by atoms with Gasteiger partial charge in [-0.05, 0) is 31.1 Å². The average Bonchev–Trinajstić information content (AvgIpc) is 2.57. The molecule has 2 aliphatic carbocycles. The van der Waals surface area contributed by atoms with Crippen LogP contribution in [0.5, 0.6) is 0 Å². The maximum atomic E-state index is 11.0. The molecule has 2 rings (SSSR count). The molecular formula is C8H12O2. The summed E-state index contributed by atoms with van der Waals surface area (Å²) in [6.07, 6.45) is 3.56. The minimum Gasteiger partial charge on any atom is -0.469 e. The standard InChI is InChI=1S/C8H12O2/c1-10-8(9)7-3-5-2-6(5)4-7/h5-7H,2-4H2,1H3. The number of fused-ring (bicyclic) bond motifs is 1. The van der Waals surface area contributed by atoms with E-state index in [4.69, 9.17) is 0 Å². The summed E-state index contributed by atoms with van der Waals surface area (Å²) in [6, 6.07) is 0. The van der Waals surface area contributed by atoms with Crippen LogP contribution in [0.15, 0.2) is 0 Å². The van der Waals surface area contributed by atoms with Crippen molar-refractivity contribution in [3.63, 3.8) is 0 Å². The maximum Gasteiger partial charge on any atom is 0.308 e. The molecule has 0 bridgehead atoms. The van der Waals surface area contributed by atoms with Gasteiger partial charge >= 0.3 is 5.97 Å². The molecule has 0 spiro atoms. The molecule has 2 aliphatic rings. The van der Waals surface area contributed by atoms with Crippen LogP contribution in [0.2, 0.25) is 0 Å². The summed E-state index contributed by atoms with van der Waals surface area (Å²) in [4.78, 5) is 11.0. The largest absolute Gasteiger partial charge is 0.469 e. The Labute approximate surface area is 60.6 Å². The molecular weight excluding hydrogens is 128 g/mol. The van der Waals surface area contributed by atoms with Gasteiger partial charge in [0.1, 0.15) is 0 Å². The molecule has 2 fully saturated rings. The highest BCUT2D eigenvalue weighted by atomic mass is 16.5. The SMILES string of the molecule is COC(=O)C1CC2CC2C1. The van der Waals surface area contributed by atoms with Gasteiger partial charge in [0.2, 0.25) is 0 Å². The summed E-state index contributed by atoms with van der Waals surface area (Å²) in [7, 11) is 1.48. The fourth-order valence-electron chi connectivity index (χ4n) is 2.07. The molecule has 0 radical (unpaired) electrons. The summed E-state index contributed by atoms with van der Waals surface area (Å²) in [5.74, 6) is 2.01. The summed E-state index contributed by atoms with van der Waals surface area (Å²) in [5.41, 5.74) is 0. The Kier molecular flexibility index (Phi) is 1.22. The monoisotopic (exact) mass is 140 g/mol. The molecule has 2 nitrogen and oxygen atoms in total. The number of hydrogen-bond donors (Lipinski definition) is 0. The fourth-order valence-corrected chi connectivity index (χ4v) is 2.07. The number of esters is 1. The summed E-state index contributed by atoms with van der Waals surface area (Å²) >= 11 is 0. The first-order valence-corrected chi connectivity index (χ1v) is 3.89. The Morgan fingerprint density at radius 3 is 2.40 bits per heavy atom. The van der Waals surface area contributed by atoms with Gasteiger partial charge in [0.15, 0.2) is 0 Å². The zero-order valence-electron chi connectivity index (χ0n) is 6.17. The first kappa shape index (κ1) is 6.20. The van der Waals surface area contributed by atoms with Crippen LogP contribution in [0.3, 0.4) is 0 Å². The number of ether oxygens (including phenoxy) is 1. The van der Waals surface area contributed by atoms with Gasteiger partial charge in [-0.25, -0.2) is 0 Å². The van der Waals surface area contributed by atoms with Crippen molar-refractivity contribution in [3.05, 3.63) is 0 Å². The molecule has 2 unspecified atom stereocenters. The van der Waals surface area contributed by atoms with Crippen LogP contribution in [-0.4, -0.2) is 13.1 Å². The van der Waals surface area contributed by atoms with Crippen molar-refractivity contribution in [1.29, 1.82) is 0 Å². The van der Waals surface area contributed by atoms with Gasteiger partial charge in [-0.3, -0.25) is 4.79 Å². The highest BCUT2D eigenvalue weighted by Gasteiger charge is 2.48. The van der Waals surface area contributed by atoms with Crippen LogP contribution in [0, 0.1) is 17.8 Å². The first-order chi connectivity index (χ1) is 4.81. The molecule has 0 saturated heterocycles. The van der Waals surface area contributed by atoms with Crippen molar-refractivity contribution in [3.8, 4) is 0 Å². The predicted molar refractivity (Wildman–Crippen MR) is 36.3 cm³/mol. The Bertz CT molecular complexity index is 155. The molecule has 10 heavy (non-hydrogen) atoms. The minimum absolute atomic E-state index is 0.00667. The van der Waals surface area contributed by atoms with Crippen LogP contribution in [0.25, 0.3) is 0 Å². The predicted octanol–water partition coefficient (Wildman–Crippen LogP) is 1.21. The maximum absolute atomic E-state index is 11.0. The Balaban J connectivity index is 1.90. The van der Waals surface area contributed by atoms with Crippen LogP contribution in [-0.2, 0) is 9.53 Å². The number of carbonyl (C=O) groups excluding carboxylic acids is 1. The first-order valence-electron chi connectivity index (χ1n) is 3.89. The van der Waals surface area contributed by atoms with Crippen molar-refractivity contribution in [2.45, 2.75) is 19.3 Å². The zero-order valence-corrected chi connectivity index (χ0v) is 6.17. The molecule has 0 N–H and O–H groups in total. The summed E-state index contributed by atoms with van der Waals surface area (Å²) in [5, 5.41) is 0. The lowest BCUT2D eigenvalue weighted by atomic mass is 10.0. The second kappa shape index (κ2) is 1.97. The molecule has 0 amide bonds. The van der Waals surface area contributed by atoms with Crippen molar-refractivity contribution in [2.75, 3.05) is 7.11 Å². The second-order valence-electron chi connectivity index (χ2n) is 3.45. The average molecular weight is 140 g/mol. The zero-order chi connectivity index (χ0) is 7.14. The third kappa shape index (κ3) is 0.825. The van der Waals surface area contributed by atoms with E-state index in [1.165, 1.54) is 13.5 Å². The quantitative estimate of drug-likeness (QED) is 0.512. The Hall–Kier alpha value is -0.530. The van der Waals surface area contributed by atoms with Gasteiger partial charge in [0.25, 0.3) is 0 Å². The molecule has 0 aromatic carbocycles.